The van der Waals surface area contributed by atoms with Gasteiger partial charge in [0.25, 0.3) is 0 Å². The minimum atomic E-state index is 1.12. The first-order chi connectivity index (χ1) is 7.25. The molecule has 2 heteroatoms. The second kappa shape index (κ2) is 11.3. The number of unbranched alkanes of at least 4 members (excludes halogenated alkanes) is 1. The Labute approximate surface area is 95.5 Å². The summed E-state index contributed by atoms with van der Waals surface area (Å²) >= 11 is 0. The van der Waals surface area contributed by atoms with E-state index in [0.29, 0.717) is 0 Å². The standard InChI is InChI=1S/C9H16N2.2C2H6/c1-4-5-6-9-7(2)8(3)10-11-9;2*1-2/h4-6H2,1-3H3,(H,10,11);2*1-2H3. The average Bonchev–Trinajstić information content (AvgIpc) is 2.63. The summed E-state index contributed by atoms with van der Waals surface area (Å²) in [6.45, 7) is 14.4. The normalized spacial score (nSPS) is 8.47. The topological polar surface area (TPSA) is 28.7 Å². The highest BCUT2D eigenvalue weighted by Crippen LogP contribution is 2.10. The molecule has 1 aromatic rings. The third kappa shape index (κ3) is 6.32. The van der Waals surface area contributed by atoms with Gasteiger partial charge in [0.2, 0.25) is 0 Å². The molecular weight excluding hydrogens is 184 g/mol. The molecule has 0 saturated heterocycles. The van der Waals surface area contributed by atoms with Gasteiger partial charge in [-0.2, -0.15) is 5.10 Å². The van der Waals surface area contributed by atoms with E-state index in [-0.39, 0.29) is 0 Å². The third-order valence-electron chi connectivity index (χ3n) is 2.12. The molecule has 0 unspecified atom stereocenters. The van der Waals surface area contributed by atoms with Gasteiger partial charge in [-0.15, -0.1) is 0 Å². The molecule has 0 fully saturated rings. The lowest BCUT2D eigenvalue weighted by atomic mass is 10.1. The van der Waals surface area contributed by atoms with Crippen molar-refractivity contribution in [1.82, 2.24) is 10.2 Å². The van der Waals surface area contributed by atoms with Gasteiger partial charge in [0.05, 0.1) is 5.69 Å². The second-order valence-corrected chi connectivity index (χ2v) is 3.02. The molecule has 0 radical (unpaired) electrons. The molecule has 0 aliphatic heterocycles. The van der Waals surface area contributed by atoms with Crippen LogP contribution in [0.15, 0.2) is 0 Å². The summed E-state index contributed by atoms with van der Waals surface area (Å²) in [7, 11) is 0. The number of hydrogen-bond donors (Lipinski definition) is 1. The number of nitrogens with zero attached hydrogens (tertiary/aromatic N) is 1. The van der Waals surface area contributed by atoms with Crippen LogP contribution in [0.2, 0.25) is 0 Å². The van der Waals surface area contributed by atoms with Gasteiger partial charge in [0.1, 0.15) is 0 Å². The minimum absolute atomic E-state index is 1.12. The monoisotopic (exact) mass is 212 g/mol. The van der Waals surface area contributed by atoms with Gasteiger partial charge in [-0.3, -0.25) is 5.10 Å². The van der Waals surface area contributed by atoms with Gasteiger partial charge in [-0.25, -0.2) is 0 Å². The van der Waals surface area contributed by atoms with Crippen LogP contribution in [0.5, 0.6) is 0 Å². The number of aromatic amines is 1. The first-order valence-corrected chi connectivity index (χ1v) is 6.26. The number of hydrogen-bond acceptors (Lipinski definition) is 1. The molecular formula is C13H28N2. The summed E-state index contributed by atoms with van der Waals surface area (Å²) < 4.78 is 0. The van der Waals surface area contributed by atoms with E-state index >= 15 is 0 Å². The average molecular weight is 212 g/mol. The van der Waals surface area contributed by atoms with Gasteiger partial charge in [-0.05, 0) is 32.3 Å². The minimum Gasteiger partial charge on any atom is -0.282 e. The Morgan fingerprint density at radius 1 is 1.07 bits per heavy atom. The van der Waals surface area contributed by atoms with Crippen molar-refractivity contribution < 1.29 is 0 Å². The van der Waals surface area contributed by atoms with E-state index in [4.69, 9.17) is 0 Å². The van der Waals surface area contributed by atoms with E-state index in [9.17, 15) is 0 Å². The number of nitrogens with one attached hydrogen (secondary N) is 1. The van der Waals surface area contributed by atoms with E-state index in [0.717, 1.165) is 6.42 Å². The van der Waals surface area contributed by atoms with E-state index in [1.54, 1.807) is 0 Å². The highest BCUT2D eigenvalue weighted by Gasteiger charge is 2.03. The molecule has 0 spiro atoms. The molecule has 0 amide bonds. The molecule has 2 nitrogen and oxygen atoms in total. The second-order valence-electron chi connectivity index (χ2n) is 3.02. The van der Waals surface area contributed by atoms with Crippen LogP contribution < -0.4 is 0 Å². The van der Waals surface area contributed by atoms with Crippen molar-refractivity contribution in [3.05, 3.63) is 17.0 Å². The summed E-state index contributed by atoms with van der Waals surface area (Å²) in [5, 5.41) is 7.22. The van der Waals surface area contributed by atoms with Crippen LogP contribution >= 0.6 is 0 Å². The van der Waals surface area contributed by atoms with Crippen LogP contribution in [-0.4, -0.2) is 10.2 Å². The quantitative estimate of drug-likeness (QED) is 0.789. The number of aromatic nitrogens is 2. The Kier molecular flexibility index (Phi) is 12.5. The van der Waals surface area contributed by atoms with Gasteiger partial charge in [0.15, 0.2) is 0 Å². The SMILES string of the molecule is CC.CC.CCCCc1n[nH]c(C)c1C. The number of aryl methyl sites for hydroxylation is 2. The first kappa shape index (κ1) is 16.6. The van der Waals surface area contributed by atoms with Crippen molar-refractivity contribution in [3.8, 4) is 0 Å². The van der Waals surface area contributed by atoms with Gasteiger partial charge in [-0.1, -0.05) is 41.0 Å². The van der Waals surface area contributed by atoms with Crippen molar-refractivity contribution in [2.24, 2.45) is 0 Å². The molecule has 1 aromatic heterocycles. The fourth-order valence-electron chi connectivity index (χ4n) is 1.12. The molecule has 0 aliphatic rings. The van der Waals surface area contributed by atoms with Crippen molar-refractivity contribution in [1.29, 1.82) is 0 Å². The predicted molar refractivity (Wildman–Crippen MR) is 69.4 cm³/mol. The summed E-state index contributed by atoms with van der Waals surface area (Å²) in [6.07, 6.45) is 3.60. The van der Waals surface area contributed by atoms with Crippen LogP contribution in [0.3, 0.4) is 0 Å². The summed E-state index contributed by atoms with van der Waals surface area (Å²) in [6, 6.07) is 0. The molecule has 1 heterocycles. The third-order valence-corrected chi connectivity index (χ3v) is 2.12. The summed E-state index contributed by atoms with van der Waals surface area (Å²) in [5.41, 5.74) is 3.78. The predicted octanol–water partition coefficient (Wildman–Crippen LogP) is 4.42. The first-order valence-electron chi connectivity index (χ1n) is 6.26. The Morgan fingerprint density at radius 3 is 1.93 bits per heavy atom. The fourth-order valence-corrected chi connectivity index (χ4v) is 1.12. The van der Waals surface area contributed by atoms with E-state index < -0.39 is 0 Å². The number of H-pyrrole nitrogens is 1. The molecule has 1 N–H and O–H groups in total. The van der Waals surface area contributed by atoms with E-state index in [1.807, 2.05) is 27.7 Å². The fraction of sp³-hybridized carbons (Fsp3) is 0.769. The van der Waals surface area contributed by atoms with Gasteiger partial charge in [0, 0.05) is 5.69 Å². The Bertz CT molecular complexity index is 226. The molecule has 0 aromatic carbocycles. The molecule has 1 rings (SSSR count). The molecule has 0 bridgehead atoms. The highest BCUT2D eigenvalue weighted by atomic mass is 15.1. The Morgan fingerprint density at radius 2 is 1.60 bits per heavy atom. The molecule has 15 heavy (non-hydrogen) atoms. The maximum Gasteiger partial charge on any atom is 0.0654 e. The van der Waals surface area contributed by atoms with Crippen molar-refractivity contribution in [3.63, 3.8) is 0 Å². The van der Waals surface area contributed by atoms with Crippen molar-refractivity contribution in [2.75, 3.05) is 0 Å². The van der Waals surface area contributed by atoms with Crippen molar-refractivity contribution >= 4 is 0 Å². The molecule has 0 atom stereocenters. The molecule has 0 aliphatic carbocycles. The van der Waals surface area contributed by atoms with Crippen LogP contribution in [0.25, 0.3) is 0 Å². The van der Waals surface area contributed by atoms with Crippen LogP contribution in [-0.2, 0) is 6.42 Å². The smallest absolute Gasteiger partial charge is 0.0654 e. The summed E-state index contributed by atoms with van der Waals surface area (Å²) in [4.78, 5) is 0. The van der Waals surface area contributed by atoms with Crippen LogP contribution in [0.4, 0.5) is 0 Å². The zero-order chi connectivity index (χ0) is 12.3. The highest BCUT2D eigenvalue weighted by molar-refractivity contribution is 5.22. The van der Waals surface area contributed by atoms with Gasteiger partial charge < -0.3 is 0 Å². The van der Waals surface area contributed by atoms with Crippen molar-refractivity contribution in [2.45, 2.75) is 67.7 Å². The van der Waals surface area contributed by atoms with Crippen LogP contribution in [0.1, 0.15) is 64.4 Å². The largest absolute Gasteiger partial charge is 0.282 e. The van der Waals surface area contributed by atoms with Crippen LogP contribution in [0, 0.1) is 13.8 Å². The maximum absolute atomic E-state index is 4.23. The molecule has 90 valence electrons. The summed E-state index contributed by atoms with van der Waals surface area (Å²) in [5.74, 6) is 0. The van der Waals surface area contributed by atoms with E-state index in [1.165, 1.54) is 29.8 Å². The van der Waals surface area contributed by atoms with Gasteiger partial charge >= 0.3 is 0 Å². The zero-order valence-corrected chi connectivity index (χ0v) is 11.6. The van der Waals surface area contributed by atoms with E-state index in [2.05, 4.69) is 31.0 Å². The lowest BCUT2D eigenvalue weighted by Crippen LogP contribution is -1.87. The zero-order valence-electron chi connectivity index (χ0n) is 11.6. The Hall–Kier alpha value is -0.790. The maximum atomic E-state index is 4.23. The lowest BCUT2D eigenvalue weighted by Gasteiger charge is -1.94. The lowest BCUT2D eigenvalue weighted by molar-refractivity contribution is 0.768. The molecule has 0 saturated carbocycles. The Balaban J connectivity index is 0. The number of rotatable bonds is 3.